The SMILES string of the molecule is Cc1ccc2nc(COCC(=O)N3CC[C@@H](O)[C@@H](O)[C@H](N4CCOCC4)C3)[nH]c2c1. The summed E-state index contributed by atoms with van der Waals surface area (Å²) in [7, 11) is 0. The van der Waals surface area contributed by atoms with Gasteiger partial charge in [-0.25, -0.2) is 4.98 Å². The number of nitrogens with one attached hydrogen (secondary N) is 1. The number of fused-ring (bicyclic) bond motifs is 1. The number of H-pyrrole nitrogens is 1. The van der Waals surface area contributed by atoms with Crippen LogP contribution in [0, 0.1) is 6.92 Å². The van der Waals surface area contributed by atoms with Crippen LogP contribution in [0.3, 0.4) is 0 Å². The molecule has 164 valence electrons. The molecule has 2 saturated heterocycles. The number of aryl methyl sites for hydroxylation is 1. The van der Waals surface area contributed by atoms with Gasteiger partial charge in [-0.15, -0.1) is 0 Å². The van der Waals surface area contributed by atoms with E-state index in [1.165, 1.54) is 0 Å². The highest BCUT2D eigenvalue weighted by atomic mass is 16.5. The summed E-state index contributed by atoms with van der Waals surface area (Å²) in [4.78, 5) is 24.2. The quantitative estimate of drug-likeness (QED) is 0.629. The van der Waals surface area contributed by atoms with E-state index >= 15 is 0 Å². The van der Waals surface area contributed by atoms with Gasteiger partial charge >= 0.3 is 0 Å². The summed E-state index contributed by atoms with van der Waals surface area (Å²) in [5.74, 6) is 0.526. The molecule has 30 heavy (non-hydrogen) atoms. The first-order valence-corrected chi connectivity index (χ1v) is 10.5. The monoisotopic (exact) mass is 418 g/mol. The number of amides is 1. The van der Waals surface area contributed by atoms with Gasteiger partial charge in [-0.05, 0) is 31.0 Å². The average Bonchev–Trinajstić information content (AvgIpc) is 3.08. The lowest BCUT2D eigenvalue weighted by Gasteiger charge is -2.38. The Bertz CT molecular complexity index is 866. The molecule has 9 heteroatoms. The molecule has 1 aromatic heterocycles. The van der Waals surface area contributed by atoms with Crippen molar-refractivity contribution in [1.82, 2.24) is 19.8 Å². The average molecular weight is 418 g/mol. The molecule has 9 nitrogen and oxygen atoms in total. The minimum Gasteiger partial charge on any atom is -0.390 e. The van der Waals surface area contributed by atoms with Crippen LogP contribution in [0.1, 0.15) is 17.8 Å². The summed E-state index contributed by atoms with van der Waals surface area (Å²) >= 11 is 0. The molecule has 0 unspecified atom stereocenters. The maximum absolute atomic E-state index is 12.8. The Morgan fingerprint density at radius 2 is 2.10 bits per heavy atom. The lowest BCUT2D eigenvalue weighted by Crippen LogP contribution is -2.55. The predicted octanol–water partition coefficient (Wildman–Crippen LogP) is 0.0428. The number of imidazole rings is 1. The number of aromatic nitrogens is 2. The fraction of sp³-hybridized carbons (Fsp3) is 0.619. The number of hydrogen-bond donors (Lipinski definition) is 3. The smallest absolute Gasteiger partial charge is 0.248 e. The molecular weight excluding hydrogens is 388 g/mol. The second kappa shape index (κ2) is 9.40. The minimum absolute atomic E-state index is 0.0713. The molecule has 0 saturated carbocycles. The van der Waals surface area contributed by atoms with Gasteiger partial charge in [0.2, 0.25) is 5.91 Å². The highest BCUT2D eigenvalue weighted by Crippen LogP contribution is 2.19. The fourth-order valence-corrected chi connectivity index (χ4v) is 4.18. The van der Waals surface area contributed by atoms with E-state index in [4.69, 9.17) is 9.47 Å². The van der Waals surface area contributed by atoms with E-state index in [9.17, 15) is 15.0 Å². The first-order chi connectivity index (χ1) is 14.5. The van der Waals surface area contributed by atoms with Crippen molar-refractivity contribution in [1.29, 1.82) is 0 Å². The fourth-order valence-electron chi connectivity index (χ4n) is 4.18. The van der Waals surface area contributed by atoms with E-state index in [1.54, 1.807) is 4.90 Å². The number of carbonyl (C=O) groups is 1. The van der Waals surface area contributed by atoms with E-state index in [-0.39, 0.29) is 25.2 Å². The van der Waals surface area contributed by atoms with Crippen molar-refractivity contribution in [2.75, 3.05) is 46.0 Å². The minimum atomic E-state index is -0.888. The van der Waals surface area contributed by atoms with Crippen LogP contribution >= 0.6 is 0 Å². The Kier molecular flexibility index (Phi) is 6.64. The molecule has 3 atom stereocenters. The molecule has 0 spiro atoms. The molecule has 2 aromatic rings. The number of benzene rings is 1. The summed E-state index contributed by atoms with van der Waals surface area (Å²) in [6, 6.07) is 5.67. The normalized spacial score (nSPS) is 26.1. The molecule has 0 aliphatic carbocycles. The molecule has 4 rings (SSSR count). The topological polar surface area (TPSA) is 111 Å². The number of hydrogen-bond acceptors (Lipinski definition) is 7. The van der Waals surface area contributed by atoms with Gasteiger partial charge in [-0.1, -0.05) is 6.07 Å². The molecule has 1 amide bonds. The van der Waals surface area contributed by atoms with Crippen molar-refractivity contribution in [2.24, 2.45) is 0 Å². The second-order valence-corrected chi connectivity index (χ2v) is 8.10. The summed E-state index contributed by atoms with van der Waals surface area (Å²) in [5, 5.41) is 20.9. The summed E-state index contributed by atoms with van der Waals surface area (Å²) in [5.41, 5.74) is 2.97. The lowest BCUT2D eigenvalue weighted by atomic mass is 10.0. The Balaban J connectivity index is 1.34. The van der Waals surface area contributed by atoms with Crippen LogP contribution in [-0.4, -0.2) is 100 Å². The highest BCUT2D eigenvalue weighted by molar-refractivity contribution is 5.77. The molecule has 0 bridgehead atoms. The van der Waals surface area contributed by atoms with Crippen molar-refractivity contribution in [3.8, 4) is 0 Å². The predicted molar refractivity (Wildman–Crippen MR) is 110 cm³/mol. The standard InChI is InChI=1S/C21H30N4O5/c1-14-2-3-15-16(10-14)23-19(22-15)12-30-13-20(27)25-5-4-18(26)21(28)17(11-25)24-6-8-29-9-7-24/h2-3,10,17-18,21,26,28H,4-9,11-13H2,1H3,(H,22,23)/t17-,18-,21+/m1/s1. The van der Waals surface area contributed by atoms with Gasteiger partial charge in [-0.3, -0.25) is 9.69 Å². The van der Waals surface area contributed by atoms with Gasteiger partial charge in [-0.2, -0.15) is 0 Å². The van der Waals surface area contributed by atoms with Crippen molar-refractivity contribution in [3.05, 3.63) is 29.6 Å². The van der Waals surface area contributed by atoms with Crippen molar-refractivity contribution < 1.29 is 24.5 Å². The Labute approximate surface area is 175 Å². The maximum Gasteiger partial charge on any atom is 0.248 e. The van der Waals surface area contributed by atoms with E-state index in [2.05, 4.69) is 14.9 Å². The van der Waals surface area contributed by atoms with E-state index < -0.39 is 12.2 Å². The van der Waals surface area contributed by atoms with Crippen molar-refractivity contribution in [2.45, 2.75) is 38.2 Å². The number of ether oxygens (including phenoxy) is 2. The Morgan fingerprint density at radius 1 is 1.30 bits per heavy atom. The van der Waals surface area contributed by atoms with Gasteiger partial charge < -0.3 is 29.6 Å². The first kappa shape index (κ1) is 21.2. The number of rotatable bonds is 5. The third-order valence-corrected chi connectivity index (χ3v) is 5.91. The van der Waals surface area contributed by atoms with Crippen LogP contribution in [0.2, 0.25) is 0 Å². The van der Waals surface area contributed by atoms with Crippen LogP contribution in [0.4, 0.5) is 0 Å². The van der Waals surface area contributed by atoms with Gasteiger partial charge in [0, 0.05) is 26.2 Å². The first-order valence-electron chi connectivity index (χ1n) is 10.5. The zero-order valence-corrected chi connectivity index (χ0v) is 17.3. The van der Waals surface area contributed by atoms with E-state index in [0.717, 1.165) is 16.6 Å². The third-order valence-electron chi connectivity index (χ3n) is 5.91. The number of morpholine rings is 1. The summed E-state index contributed by atoms with van der Waals surface area (Å²) < 4.78 is 11.0. The molecule has 2 aliphatic heterocycles. The molecule has 3 N–H and O–H groups in total. The number of likely N-dealkylation sites (tertiary alicyclic amines) is 1. The third kappa shape index (κ3) is 4.81. The summed E-state index contributed by atoms with van der Waals surface area (Å²) in [6.07, 6.45) is -1.40. The molecule has 3 heterocycles. The van der Waals surface area contributed by atoms with Gasteiger partial charge in [0.25, 0.3) is 0 Å². The number of aromatic amines is 1. The largest absolute Gasteiger partial charge is 0.390 e. The molecule has 0 radical (unpaired) electrons. The highest BCUT2D eigenvalue weighted by Gasteiger charge is 2.37. The van der Waals surface area contributed by atoms with Gasteiger partial charge in [0.15, 0.2) is 0 Å². The number of carbonyl (C=O) groups excluding carboxylic acids is 1. The van der Waals surface area contributed by atoms with Crippen LogP contribution < -0.4 is 0 Å². The van der Waals surface area contributed by atoms with Crippen molar-refractivity contribution >= 4 is 16.9 Å². The molecular formula is C21H30N4O5. The zero-order chi connectivity index (χ0) is 21.1. The van der Waals surface area contributed by atoms with Crippen LogP contribution in [-0.2, 0) is 20.9 Å². The molecule has 1 aromatic carbocycles. The van der Waals surface area contributed by atoms with Gasteiger partial charge in [0.1, 0.15) is 19.0 Å². The second-order valence-electron chi connectivity index (χ2n) is 8.10. The van der Waals surface area contributed by atoms with Crippen LogP contribution in [0.25, 0.3) is 11.0 Å². The molecule has 2 fully saturated rings. The Morgan fingerprint density at radius 3 is 2.90 bits per heavy atom. The van der Waals surface area contributed by atoms with Crippen LogP contribution in [0.5, 0.6) is 0 Å². The summed E-state index contributed by atoms with van der Waals surface area (Å²) in [6.45, 7) is 5.46. The number of nitrogens with zero attached hydrogens (tertiary/aromatic N) is 3. The molecule has 2 aliphatic rings. The van der Waals surface area contributed by atoms with E-state index in [0.29, 0.717) is 51.6 Å². The Hall–Kier alpha value is -2.04. The van der Waals surface area contributed by atoms with Gasteiger partial charge in [0.05, 0.1) is 42.5 Å². The van der Waals surface area contributed by atoms with Crippen LogP contribution in [0.15, 0.2) is 18.2 Å². The van der Waals surface area contributed by atoms with E-state index in [1.807, 2.05) is 25.1 Å². The lowest BCUT2D eigenvalue weighted by molar-refractivity contribution is -0.138. The zero-order valence-electron chi connectivity index (χ0n) is 17.3. The van der Waals surface area contributed by atoms with Crippen molar-refractivity contribution in [3.63, 3.8) is 0 Å². The number of aliphatic hydroxyl groups is 2. The maximum atomic E-state index is 12.8. The number of aliphatic hydroxyl groups excluding tert-OH is 2.